The second-order valence-electron chi connectivity index (χ2n) is 20.7. The molecule has 4 aromatic carbocycles. The molecule has 8 rings (SSSR count). The maximum atomic E-state index is 13.5. The molecular formula is C61H60F8N2O10. The van der Waals surface area contributed by atoms with Crippen LogP contribution in [0.15, 0.2) is 106 Å². The number of hydrogen-bond acceptors (Lipinski definition) is 11. The van der Waals surface area contributed by atoms with E-state index in [4.69, 9.17) is 18.7 Å². The third kappa shape index (κ3) is 17.7. The van der Waals surface area contributed by atoms with Gasteiger partial charge in [0, 0.05) is 62.5 Å². The summed E-state index contributed by atoms with van der Waals surface area (Å²) in [5.41, 5.74) is 2.47. The number of esters is 1. The number of carbonyl (C=O) groups is 6. The van der Waals surface area contributed by atoms with Gasteiger partial charge in [-0.3, -0.25) is 28.8 Å². The van der Waals surface area contributed by atoms with Gasteiger partial charge in [-0.15, -0.1) is 0 Å². The third-order valence-corrected chi connectivity index (χ3v) is 14.7. The van der Waals surface area contributed by atoms with Gasteiger partial charge in [0.15, 0.2) is 23.0 Å². The topological polar surface area (TPSA) is 184 Å². The number of aromatic nitrogens is 2. The van der Waals surface area contributed by atoms with Crippen LogP contribution in [0.5, 0.6) is 0 Å². The number of methoxy groups -OCH3 is 1. The zero-order valence-electron chi connectivity index (χ0n) is 44.3. The molecule has 1 N–H and O–H groups in total. The van der Waals surface area contributed by atoms with Crippen molar-refractivity contribution in [2.75, 3.05) is 7.11 Å². The van der Waals surface area contributed by atoms with Gasteiger partial charge < -0.3 is 18.7 Å². The minimum atomic E-state index is -4.95. The van der Waals surface area contributed by atoms with E-state index in [1.165, 1.54) is 36.9 Å². The van der Waals surface area contributed by atoms with Crippen molar-refractivity contribution in [1.29, 1.82) is 0 Å². The first-order valence-electron chi connectivity index (χ1n) is 26.8. The quantitative estimate of drug-likeness (QED) is 0.0386. The van der Waals surface area contributed by atoms with Gasteiger partial charge in [0.05, 0.1) is 7.11 Å². The number of carboxylic acids is 1. The van der Waals surface area contributed by atoms with E-state index in [-0.39, 0.29) is 92.4 Å². The summed E-state index contributed by atoms with van der Waals surface area (Å²) in [7, 11) is 1.40. The molecule has 2 saturated carbocycles. The molecule has 0 radical (unpaired) electrons. The summed E-state index contributed by atoms with van der Waals surface area (Å²) in [5.74, 6) is -6.70. The molecular weight excluding hydrogens is 1070 g/mol. The maximum Gasteiger partial charge on any atom is 0.452 e. The highest BCUT2D eigenvalue weighted by atomic mass is 19.4. The van der Waals surface area contributed by atoms with Gasteiger partial charge in [-0.2, -0.15) is 26.3 Å². The van der Waals surface area contributed by atoms with Crippen LogP contribution in [-0.4, -0.2) is 57.3 Å². The lowest BCUT2D eigenvalue weighted by molar-refractivity contribution is -0.153. The molecule has 20 heteroatoms. The lowest BCUT2D eigenvalue weighted by Gasteiger charge is -2.28. The lowest BCUT2D eigenvalue weighted by atomic mass is 9.77. The van der Waals surface area contributed by atoms with E-state index in [2.05, 4.69) is 9.97 Å². The molecule has 0 bridgehead atoms. The molecule has 12 nitrogen and oxygen atoms in total. The predicted molar refractivity (Wildman–Crippen MR) is 279 cm³/mol. The number of ether oxygens (including phenoxy) is 1. The van der Waals surface area contributed by atoms with Crippen molar-refractivity contribution in [3.05, 3.63) is 154 Å². The number of nitrogens with zero attached hydrogens (tertiary/aromatic N) is 2. The predicted octanol–water partition coefficient (Wildman–Crippen LogP) is 14.9. The lowest BCUT2D eigenvalue weighted by Crippen LogP contribution is -2.17. The molecule has 0 saturated heterocycles. The normalized spacial score (nSPS) is 17.4. The second kappa shape index (κ2) is 27.7. The molecule has 0 spiro atoms. The number of ketones is 4. The number of rotatable bonds is 22. The van der Waals surface area contributed by atoms with Crippen LogP contribution in [0.1, 0.15) is 169 Å². The van der Waals surface area contributed by atoms with Crippen LogP contribution in [0.25, 0.3) is 22.9 Å². The van der Waals surface area contributed by atoms with Crippen molar-refractivity contribution < 1.29 is 82.6 Å². The zero-order valence-corrected chi connectivity index (χ0v) is 44.3. The van der Waals surface area contributed by atoms with Gasteiger partial charge in [0.2, 0.25) is 23.3 Å². The van der Waals surface area contributed by atoms with Crippen LogP contribution < -0.4 is 0 Å². The average Bonchev–Trinajstić information content (AvgIpc) is 4.13. The van der Waals surface area contributed by atoms with E-state index in [0.29, 0.717) is 24.2 Å². The van der Waals surface area contributed by atoms with E-state index >= 15 is 0 Å². The molecule has 6 aromatic rings. The Kier molecular flexibility index (Phi) is 20.8. The monoisotopic (exact) mass is 1130 g/mol. The van der Waals surface area contributed by atoms with Gasteiger partial charge in [-0.05, 0) is 159 Å². The molecule has 2 fully saturated rings. The number of carboxylic acid groups (broad SMARTS) is 1. The minimum Gasteiger partial charge on any atom is -0.481 e. The Morgan fingerprint density at radius 2 is 0.877 bits per heavy atom. The van der Waals surface area contributed by atoms with Crippen LogP contribution >= 0.6 is 0 Å². The number of Topliss-reactive ketones (excluding diaryl/α,β-unsaturated/α-hetero) is 4. The standard InChI is InChI=1S/C31H31F4NO5.C30H29F4NO5/c1-40-27(39)18-20-7-11-22(12-8-20)21-9-5-19(6-10-21)17-25(37)3-2-4-26(38)28-29(31(33,34)35)41-30(36-28)23-13-15-24(32)16-14-23;31-23-14-12-22(13-15-23)29-35-27(28(40-29)30(32,33)34)25(37)3-1-2-24(36)16-18-4-8-20(9-5-18)21-10-6-19(7-11-21)17-26(38)39/h5-6,9-10,13-16,20,22H,2-4,7-8,11-12,17-18H2,1H3;4-5,8-9,12-15,19,21H,1-3,6-7,10-11,16-17H2,(H,38,39). The maximum absolute atomic E-state index is 13.5. The van der Waals surface area contributed by atoms with Crippen molar-refractivity contribution in [2.45, 2.75) is 140 Å². The smallest absolute Gasteiger partial charge is 0.452 e. The van der Waals surface area contributed by atoms with Crippen molar-refractivity contribution in [3.8, 4) is 22.9 Å². The summed E-state index contributed by atoms with van der Waals surface area (Å²) in [4.78, 5) is 80.1. The molecule has 2 aliphatic rings. The summed E-state index contributed by atoms with van der Waals surface area (Å²) in [5, 5.41) is 8.97. The van der Waals surface area contributed by atoms with Crippen LogP contribution in [0.2, 0.25) is 0 Å². The largest absolute Gasteiger partial charge is 0.481 e. The second-order valence-corrected chi connectivity index (χ2v) is 20.7. The molecule has 81 heavy (non-hydrogen) atoms. The highest BCUT2D eigenvalue weighted by molar-refractivity contribution is 5.97. The minimum absolute atomic E-state index is 0.0190. The molecule has 430 valence electrons. The van der Waals surface area contributed by atoms with Crippen molar-refractivity contribution >= 4 is 35.1 Å². The zero-order chi connectivity index (χ0) is 58.4. The van der Waals surface area contributed by atoms with E-state index in [1.807, 2.05) is 48.5 Å². The Labute approximate surface area is 461 Å². The summed E-state index contributed by atoms with van der Waals surface area (Å²) in [6.45, 7) is 0. The number of hydrogen-bond donors (Lipinski definition) is 1. The SMILES string of the molecule is COC(=O)CC1CCC(c2ccc(CC(=O)CCCC(=O)c3nc(-c4ccc(F)cc4)oc3C(F)(F)F)cc2)CC1.O=C(O)CC1CCC(c2ccc(CC(=O)CCCC(=O)c3nc(-c4ccc(F)cc4)oc3C(F)(F)F)cc2)CC1. The van der Waals surface area contributed by atoms with Crippen molar-refractivity contribution in [2.24, 2.45) is 11.8 Å². The molecule has 2 heterocycles. The van der Waals surface area contributed by atoms with Gasteiger partial charge in [-0.1, -0.05) is 48.5 Å². The molecule has 0 amide bonds. The summed E-state index contributed by atoms with van der Waals surface area (Å²) >= 11 is 0. The van der Waals surface area contributed by atoms with Crippen LogP contribution in [0, 0.1) is 23.5 Å². The molecule has 0 atom stereocenters. The van der Waals surface area contributed by atoms with Gasteiger partial charge in [0.25, 0.3) is 0 Å². The fourth-order valence-corrected chi connectivity index (χ4v) is 10.4. The fraction of sp³-hybridized carbons (Fsp3) is 0.410. The molecule has 0 aliphatic heterocycles. The van der Waals surface area contributed by atoms with E-state index < -0.39 is 76.2 Å². The van der Waals surface area contributed by atoms with Gasteiger partial charge in [-0.25, -0.2) is 18.7 Å². The number of halogens is 8. The van der Waals surface area contributed by atoms with E-state index in [0.717, 1.165) is 92.3 Å². The Bertz CT molecular complexity index is 3110. The highest BCUT2D eigenvalue weighted by Crippen LogP contribution is 2.40. The molecule has 2 aromatic heterocycles. The Balaban J connectivity index is 0.000000234. The Hall–Kier alpha value is -7.64. The number of oxazole rings is 2. The first kappa shape index (κ1) is 61.0. The number of benzene rings is 4. The first-order chi connectivity index (χ1) is 38.5. The fourth-order valence-electron chi connectivity index (χ4n) is 10.4. The number of aliphatic carboxylic acids is 1. The Morgan fingerprint density at radius 1 is 0.519 bits per heavy atom. The average molecular weight is 1130 g/mol. The number of alkyl halides is 6. The van der Waals surface area contributed by atoms with Gasteiger partial charge >= 0.3 is 24.3 Å². The van der Waals surface area contributed by atoms with Crippen molar-refractivity contribution in [3.63, 3.8) is 0 Å². The third-order valence-electron chi connectivity index (χ3n) is 14.7. The molecule has 0 unspecified atom stereocenters. The van der Waals surface area contributed by atoms with Crippen LogP contribution in [0.4, 0.5) is 35.1 Å². The van der Waals surface area contributed by atoms with Gasteiger partial charge in [0.1, 0.15) is 23.2 Å². The summed E-state index contributed by atoms with van der Waals surface area (Å²) < 4.78 is 122. The summed E-state index contributed by atoms with van der Waals surface area (Å²) in [6.07, 6.45) is -1.85. The van der Waals surface area contributed by atoms with E-state index in [1.54, 1.807) is 0 Å². The first-order valence-corrected chi connectivity index (χ1v) is 26.8. The van der Waals surface area contributed by atoms with Crippen LogP contribution in [0.3, 0.4) is 0 Å². The number of carbonyl (C=O) groups excluding carboxylic acids is 5. The Morgan fingerprint density at radius 3 is 1.21 bits per heavy atom. The highest BCUT2D eigenvalue weighted by Gasteiger charge is 2.43. The van der Waals surface area contributed by atoms with Crippen LogP contribution in [-0.2, 0) is 49.1 Å². The summed E-state index contributed by atoms with van der Waals surface area (Å²) in [6, 6.07) is 24.6. The van der Waals surface area contributed by atoms with Crippen molar-refractivity contribution in [1.82, 2.24) is 9.97 Å². The molecule has 2 aliphatic carbocycles. The van der Waals surface area contributed by atoms with E-state index in [9.17, 15) is 63.9 Å².